The van der Waals surface area contributed by atoms with Crippen LogP contribution in [0.25, 0.3) is 0 Å². The van der Waals surface area contributed by atoms with E-state index in [4.69, 9.17) is 0 Å². The number of hydrogen-bond donors (Lipinski definition) is 2. The molecule has 0 aliphatic rings. The maximum Gasteiger partial charge on any atom is 0.227 e. The summed E-state index contributed by atoms with van der Waals surface area (Å²) >= 11 is 0. The van der Waals surface area contributed by atoms with Crippen LogP contribution in [-0.2, 0) is 11.8 Å². The van der Waals surface area contributed by atoms with E-state index in [1.807, 2.05) is 0 Å². The molecule has 0 radical (unpaired) electrons. The molecule has 1 aromatic heterocycles. The highest BCUT2D eigenvalue weighted by atomic mass is 16.1. The lowest BCUT2D eigenvalue weighted by Crippen LogP contribution is -2.20. The van der Waals surface area contributed by atoms with Crippen molar-refractivity contribution in [3.63, 3.8) is 0 Å². The third-order valence-corrected chi connectivity index (χ3v) is 1.56. The van der Waals surface area contributed by atoms with Gasteiger partial charge < -0.3 is 5.32 Å². The van der Waals surface area contributed by atoms with Crippen LogP contribution >= 0.6 is 0 Å². The van der Waals surface area contributed by atoms with Crippen molar-refractivity contribution >= 4 is 11.9 Å². The molecule has 6 nitrogen and oxygen atoms in total. The molecule has 1 amide bonds. The molecule has 0 saturated heterocycles. The fourth-order valence-corrected chi connectivity index (χ4v) is 0.835. The smallest absolute Gasteiger partial charge is 0.227 e. The number of rotatable bonds is 4. The summed E-state index contributed by atoms with van der Waals surface area (Å²) in [6.45, 7) is 0.656. The molecule has 2 N–H and O–H groups in total. The molecule has 72 valence electrons. The molecule has 0 aliphatic heterocycles. The zero-order chi connectivity index (χ0) is 9.68. The highest BCUT2D eigenvalue weighted by Crippen LogP contribution is 1.97. The van der Waals surface area contributed by atoms with Crippen molar-refractivity contribution in [2.75, 3.05) is 18.9 Å². The molecule has 0 spiro atoms. The van der Waals surface area contributed by atoms with Crippen LogP contribution in [0.5, 0.6) is 0 Å². The van der Waals surface area contributed by atoms with Crippen molar-refractivity contribution in [2.45, 2.75) is 6.42 Å². The fraction of sp³-hybridized carbons (Fsp3) is 0.571. The van der Waals surface area contributed by atoms with Crippen LogP contribution in [0.1, 0.15) is 6.42 Å². The first kappa shape index (κ1) is 9.66. The summed E-state index contributed by atoms with van der Waals surface area (Å²) in [6.07, 6.45) is 1.83. The first-order valence-corrected chi connectivity index (χ1v) is 4.02. The number of aryl methyl sites for hydroxylation is 1. The van der Waals surface area contributed by atoms with Gasteiger partial charge in [-0.1, -0.05) is 0 Å². The van der Waals surface area contributed by atoms with Gasteiger partial charge in [0.2, 0.25) is 11.9 Å². The second-order valence-corrected chi connectivity index (χ2v) is 2.61. The van der Waals surface area contributed by atoms with Crippen molar-refractivity contribution < 1.29 is 4.79 Å². The van der Waals surface area contributed by atoms with Gasteiger partial charge in [-0.05, 0) is 7.05 Å². The minimum Gasteiger partial charge on any atom is -0.319 e. The van der Waals surface area contributed by atoms with E-state index in [9.17, 15) is 4.79 Å². The Morgan fingerprint density at radius 3 is 3.00 bits per heavy atom. The lowest BCUT2D eigenvalue weighted by molar-refractivity contribution is -0.116. The van der Waals surface area contributed by atoms with Crippen molar-refractivity contribution in [1.29, 1.82) is 0 Å². The van der Waals surface area contributed by atoms with E-state index in [1.165, 1.54) is 11.0 Å². The Morgan fingerprint density at radius 2 is 2.46 bits per heavy atom. The lowest BCUT2D eigenvalue weighted by Gasteiger charge is -2.02. The average Bonchev–Trinajstić information content (AvgIpc) is 2.48. The summed E-state index contributed by atoms with van der Waals surface area (Å²) in [5.41, 5.74) is 0. The van der Waals surface area contributed by atoms with Crippen LogP contribution in [0.2, 0.25) is 0 Å². The monoisotopic (exact) mass is 183 g/mol. The van der Waals surface area contributed by atoms with Crippen LogP contribution in [0, 0.1) is 0 Å². The Hall–Kier alpha value is -1.43. The minimum atomic E-state index is -0.0644. The molecule has 0 saturated carbocycles. The number of nitrogens with one attached hydrogen (secondary N) is 2. The van der Waals surface area contributed by atoms with Crippen molar-refractivity contribution in [3.8, 4) is 0 Å². The molecule has 0 atom stereocenters. The number of carbonyl (C=O) groups is 1. The van der Waals surface area contributed by atoms with E-state index >= 15 is 0 Å². The predicted octanol–water partition coefficient (Wildman–Crippen LogP) is -0.637. The second-order valence-electron chi connectivity index (χ2n) is 2.61. The van der Waals surface area contributed by atoms with Crippen LogP contribution in [0.15, 0.2) is 6.33 Å². The van der Waals surface area contributed by atoms with Gasteiger partial charge in [-0.25, -0.2) is 4.68 Å². The molecule has 1 rings (SSSR count). The zero-order valence-electron chi connectivity index (χ0n) is 7.74. The topological polar surface area (TPSA) is 71.8 Å². The maximum absolute atomic E-state index is 11.2. The largest absolute Gasteiger partial charge is 0.319 e. The predicted molar refractivity (Wildman–Crippen MR) is 48.2 cm³/mol. The van der Waals surface area contributed by atoms with Crippen molar-refractivity contribution in [1.82, 2.24) is 20.1 Å². The van der Waals surface area contributed by atoms with E-state index in [-0.39, 0.29) is 5.91 Å². The molecule has 0 fully saturated rings. The average molecular weight is 183 g/mol. The Labute approximate surface area is 76.3 Å². The molecule has 13 heavy (non-hydrogen) atoms. The van der Waals surface area contributed by atoms with Crippen LogP contribution in [-0.4, -0.2) is 34.3 Å². The maximum atomic E-state index is 11.2. The van der Waals surface area contributed by atoms with Crippen LogP contribution in [0.4, 0.5) is 5.95 Å². The number of aromatic nitrogens is 3. The number of nitrogens with zero attached hydrogens (tertiary/aromatic N) is 3. The van der Waals surface area contributed by atoms with Crippen molar-refractivity contribution in [3.05, 3.63) is 6.33 Å². The number of anilines is 1. The fourth-order valence-electron chi connectivity index (χ4n) is 0.835. The third-order valence-electron chi connectivity index (χ3n) is 1.56. The highest BCUT2D eigenvalue weighted by Gasteiger charge is 2.04. The lowest BCUT2D eigenvalue weighted by atomic mass is 10.4. The number of amides is 1. The Balaban J connectivity index is 2.41. The summed E-state index contributed by atoms with van der Waals surface area (Å²) in [6, 6.07) is 0. The van der Waals surface area contributed by atoms with Crippen molar-refractivity contribution in [2.24, 2.45) is 7.05 Å². The van der Waals surface area contributed by atoms with Crippen LogP contribution in [0.3, 0.4) is 0 Å². The normalized spacial score (nSPS) is 10.0. The summed E-state index contributed by atoms with van der Waals surface area (Å²) < 4.78 is 1.51. The summed E-state index contributed by atoms with van der Waals surface area (Å²) in [5, 5.41) is 9.35. The Morgan fingerprint density at radius 1 is 1.69 bits per heavy atom. The first-order valence-electron chi connectivity index (χ1n) is 4.02. The summed E-state index contributed by atoms with van der Waals surface area (Å²) in [7, 11) is 3.52. The van der Waals surface area contributed by atoms with Gasteiger partial charge in [0.25, 0.3) is 0 Å². The molecule has 0 aliphatic carbocycles. The molecular formula is C7H13N5O. The van der Waals surface area contributed by atoms with Gasteiger partial charge in [0, 0.05) is 20.0 Å². The molecule has 1 heterocycles. The van der Waals surface area contributed by atoms with E-state index < -0.39 is 0 Å². The van der Waals surface area contributed by atoms with E-state index in [0.29, 0.717) is 18.9 Å². The van der Waals surface area contributed by atoms with Crippen LogP contribution < -0.4 is 10.6 Å². The van der Waals surface area contributed by atoms with Gasteiger partial charge in [0.15, 0.2) is 0 Å². The standard InChI is InChI=1S/C7H13N5O/c1-8-4-3-6(13)11-7-9-5-10-12(7)2/h5,8H,3-4H2,1-2H3,(H,9,10,11,13). The molecule has 1 aromatic rings. The molecule has 6 heteroatoms. The quantitative estimate of drug-likeness (QED) is 0.651. The zero-order valence-corrected chi connectivity index (χ0v) is 7.74. The van der Waals surface area contributed by atoms with E-state index in [1.54, 1.807) is 14.1 Å². The van der Waals surface area contributed by atoms with Gasteiger partial charge in [0.1, 0.15) is 6.33 Å². The van der Waals surface area contributed by atoms with E-state index in [2.05, 4.69) is 20.7 Å². The molecule has 0 aromatic carbocycles. The summed E-state index contributed by atoms with van der Waals surface area (Å²) in [4.78, 5) is 15.1. The summed E-state index contributed by atoms with van der Waals surface area (Å²) in [5.74, 6) is 0.409. The molecule has 0 unspecified atom stereocenters. The van der Waals surface area contributed by atoms with Gasteiger partial charge in [-0.15, -0.1) is 0 Å². The molecule has 0 bridgehead atoms. The SMILES string of the molecule is CNCCC(=O)Nc1ncnn1C. The Bertz CT molecular complexity index is 282. The number of carbonyl (C=O) groups excluding carboxylic acids is 1. The minimum absolute atomic E-state index is 0.0644. The highest BCUT2D eigenvalue weighted by molar-refractivity contribution is 5.89. The van der Waals surface area contributed by atoms with Gasteiger partial charge in [-0.2, -0.15) is 10.1 Å². The van der Waals surface area contributed by atoms with E-state index in [0.717, 1.165) is 0 Å². The van der Waals surface area contributed by atoms with Gasteiger partial charge in [0.05, 0.1) is 0 Å². The molecular weight excluding hydrogens is 170 g/mol. The first-order chi connectivity index (χ1) is 6.24. The number of hydrogen-bond acceptors (Lipinski definition) is 4. The third kappa shape index (κ3) is 2.83. The second kappa shape index (κ2) is 4.56. The van der Waals surface area contributed by atoms with Gasteiger partial charge in [-0.3, -0.25) is 10.1 Å². The Kier molecular flexibility index (Phi) is 3.39. The van der Waals surface area contributed by atoms with Gasteiger partial charge >= 0.3 is 0 Å².